The molecular weight excluding hydrogens is 254 g/mol. The second-order valence-corrected chi connectivity index (χ2v) is 6.20. The van der Waals surface area contributed by atoms with Gasteiger partial charge in [-0.25, -0.2) is 4.79 Å². The van der Waals surface area contributed by atoms with E-state index in [0.29, 0.717) is 19.2 Å². The topological polar surface area (TPSA) is 67.6 Å². The average molecular weight is 275 g/mol. The second kappa shape index (κ2) is 4.66. The third kappa shape index (κ3) is 2.45. The van der Waals surface area contributed by atoms with Gasteiger partial charge in [0.25, 0.3) is 0 Å². The van der Waals surface area contributed by atoms with E-state index >= 15 is 0 Å². The molecule has 2 heterocycles. The summed E-state index contributed by atoms with van der Waals surface area (Å²) in [6, 6.07) is 6.08. The van der Waals surface area contributed by atoms with E-state index in [2.05, 4.69) is 31.3 Å². The molecule has 0 aromatic heterocycles. The van der Waals surface area contributed by atoms with Crippen LogP contribution >= 0.6 is 0 Å². The maximum Gasteiger partial charge on any atom is 0.319 e. The van der Waals surface area contributed by atoms with Crippen LogP contribution in [0.1, 0.15) is 25.8 Å². The molecule has 5 heteroatoms. The molecule has 2 amide bonds. The van der Waals surface area contributed by atoms with E-state index in [-0.39, 0.29) is 11.6 Å². The molecule has 1 atom stereocenters. The molecular formula is C15H21N3O2. The molecule has 0 spiro atoms. The van der Waals surface area contributed by atoms with E-state index in [4.69, 9.17) is 10.5 Å². The predicted molar refractivity (Wildman–Crippen MR) is 79.1 cm³/mol. The first-order valence-electron chi connectivity index (χ1n) is 7.05. The molecule has 2 aliphatic heterocycles. The van der Waals surface area contributed by atoms with Crippen molar-refractivity contribution < 1.29 is 9.53 Å². The van der Waals surface area contributed by atoms with Gasteiger partial charge in [0.15, 0.2) is 0 Å². The van der Waals surface area contributed by atoms with Crippen molar-refractivity contribution in [1.82, 2.24) is 0 Å². The van der Waals surface area contributed by atoms with Crippen LogP contribution in [0.25, 0.3) is 0 Å². The Labute approximate surface area is 119 Å². The van der Waals surface area contributed by atoms with E-state index in [1.165, 1.54) is 5.56 Å². The summed E-state index contributed by atoms with van der Waals surface area (Å²) >= 11 is 0. The zero-order chi connectivity index (χ0) is 14.3. The summed E-state index contributed by atoms with van der Waals surface area (Å²) in [7, 11) is 0. The number of carbonyl (C=O) groups is 1. The number of urea groups is 1. The fourth-order valence-electron chi connectivity index (χ4n) is 3.06. The molecule has 1 aromatic rings. The van der Waals surface area contributed by atoms with Gasteiger partial charge >= 0.3 is 6.03 Å². The molecule has 0 bridgehead atoms. The van der Waals surface area contributed by atoms with Gasteiger partial charge in [0, 0.05) is 12.2 Å². The number of hydrogen-bond donors (Lipinski definition) is 2. The average Bonchev–Trinajstić information content (AvgIpc) is 2.92. The smallest absolute Gasteiger partial charge is 0.319 e. The minimum Gasteiger partial charge on any atom is -0.380 e. The van der Waals surface area contributed by atoms with Crippen LogP contribution in [0.15, 0.2) is 18.2 Å². The lowest BCUT2D eigenvalue weighted by atomic mass is 10.0. The van der Waals surface area contributed by atoms with Crippen LogP contribution in [0.5, 0.6) is 0 Å². The number of anilines is 2. The Hall–Kier alpha value is -1.75. The van der Waals surface area contributed by atoms with E-state index in [1.807, 2.05) is 6.07 Å². The van der Waals surface area contributed by atoms with Gasteiger partial charge in [0.05, 0.1) is 23.9 Å². The number of fused-ring (bicyclic) bond motifs is 1. The standard InChI is InChI=1S/C15H21N3O2/c1-15(2)8-12(9-20-15)17-11-4-3-10-5-6-18(14(16)19)13(10)7-11/h3-4,7,12,17H,5-6,8-9H2,1-2H3,(H2,16,19). The minimum atomic E-state index is -0.383. The van der Waals surface area contributed by atoms with Gasteiger partial charge in [-0.1, -0.05) is 6.07 Å². The summed E-state index contributed by atoms with van der Waals surface area (Å²) in [5.74, 6) is 0. The number of hydrogen-bond acceptors (Lipinski definition) is 3. The van der Waals surface area contributed by atoms with Crippen LogP contribution in [-0.4, -0.2) is 30.8 Å². The molecule has 3 N–H and O–H groups in total. The van der Waals surface area contributed by atoms with Gasteiger partial charge in [-0.05, 0) is 44.4 Å². The number of nitrogens with one attached hydrogen (secondary N) is 1. The van der Waals surface area contributed by atoms with Gasteiger partial charge in [0.2, 0.25) is 0 Å². The van der Waals surface area contributed by atoms with Crippen LogP contribution in [0.4, 0.5) is 16.2 Å². The van der Waals surface area contributed by atoms with Crippen molar-refractivity contribution in [3.05, 3.63) is 23.8 Å². The van der Waals surface area contributed by atoms with Crippen LogP contribution in [0.3, 0.4) is 0 Å². The Morgan fingerprint density at radius 3 is 2.95 bits per heavy atom. The summed E-state index contributed by atoms with van der Waals surface area (Å²) in [4.78, 5) is 13.0. The molecule has 2 aliphatic rings. The van der Waals surface area contributed by atoms with Crippen molar-refractivity contribution in [2.45, 2.75) is 38.3 Å². The monoisotopic (exact) mass is 275 g/mol. The summed E-state index contributed by atoms with van der Waals surface area (Å²) < 4.78 is 5.73. The Morgan fingerprint density at radius 2 is 2.30 bits per heavy atom. The number of carbonyl (C=O) groups excluding carboxylic acids is 1. The largest absolute Gasteiger partial charge is 0.380 e. The lowest BCUT2D eigenvalue weighted by molar-refractivity contribution is 0.0363. The second-order valence-electron chi connectivity index (χ2n) is 6.20. The number of nitrogens with two attached hydrogens (primary N) is 1. The van der Waals surface area contributed by atoms with Crippen molar-refractivity contribution in [1.29, 1.82) is 0 Å². The fourth-order valence-corrected chi connectivity index (χ4v) is 3.06. The maximum atomic E-state index is 11.4. The molecule has 0 aliphatic carbocycles. The molecule has 1 fully saturated rings. The van der Waals surface area contributed by atoms with Crippen molar-refractivity contribution >= 4 is 17.4 Å². The number of benzene rings is 1. The van der Waals surface area contributed by atoms with Crippen molar-refractivity contribution in [2.24, 2.45) is 5.73 Å². The molecule has 1 aromatic carbocycles. The highest BCUT2D eigenvalue weighted by Gasteiger charge is 2.32. The van der Waals surface area contributed by atoms with Crippen LogP contribution in [0, 0.1) is 0 Å². The first-order chi connectivity index (χ1) is 9.44. The van der Waals surface area contributed by atoms with Crippen molar-refractivity contribution in [3.63, 3.8) is 0 Å². The van der Waals surface area contributed by atoms with Crippen molar-refractivity contribution in [2.75, 3.05) is 23.4 Å². The highest BCUT2D eigenvalue weighted by molar-refractivity contribution is 5.93. The summed E-state index contributed by atoms with van der Waals surface area (Å²) in [5.41, 5.74) is 8.47. The summed E-state index contributed by atoms with van der Waals surface area (Å²) in [6.45, 7) is 5.59. The number of nitrogens with zero attached hydrogens (tertiary/aromatic N) is 1. The third-order valence-electron chi connectivity index (χ3n) is 4.03. The highest BCUT2D eigenvalue weighted by atomic mass is 16.5. The predicted octanol–water partition coefficient (Wildman–Crippen LogP) is 2.11. The molecule has 1 unspecified atom stereocenters. The van der Waals surface area contributed by atoms with E-state index in [9.17, 15) is 4.79 Å². The highest BCUT2D eigenvalue weighted by Crippen LogP contribution is 2.32. The summed E-state index contributed by atoms with van der Waals surface area (Å²) in [5, 5.41) is 3.48. The van der Waals surface area contributed by atoms with Crippen molar-refractivity contribution in [3.8, 4) is 0 Å². The third-order valence-corrected chi connectivity index (χ3v) is 4.03. The van der Waals surface area contributed by atoms with Gasteiger partial charge in [0.1, 0.15) is 0 Å². The SMILES string of the molecule is CC1(C)CC(Nc2ccc3c(c2)N(C(N)=O)CC3)CO1. The zero-order valence-electron chi connectivity index (χ0n) is 12.0. The first kappa shape index (κ1) is 13.2. The van der Waals surface area contributed by atoms with E-state index in [0.717, 1.165) is 24.2 Å². The van der Waals surface area contributed by atoms with Crippen LogP contribution in [0.2, 0.25) is 0 Å². The molecule has 3 rings (SSSR count). The normalized spacial score (nSPS) is 23.7. The Kier molecular flexibility index (Phi) is 3.09. The van der Waals surface area contributed by atoms with Crippen LogP contribution in [-0.2, 0) is 11.2 Å². The number of ether oxygens (including phenoxy) is 1. The zero-order valence-corrected chi connectivity index (χ0v) is 12.0. The Balaban J connectivity index is 1.76. The molecule has 108 valence electrons. The molecule has 0 radical (unpaired) electrons. The summed E-state index contributed by atoms with van der Waals surface area (Å²) in [6.07, 6.45) is 1.85. The number of amides is 2. The molecule has 20 heavy (non-hydrogen) atoms. The molecule has 5 nitrogen and oxygen atoms in total. The molecule has 1 saturated heterocycles. The number of primary amides is 1. The first-order valence-corrected chi connectivity index (χ1v) is 7.05. The lowest BCUT2D eigenvalue weighted by Crippen LogP contribution is -2.34. The Morgan fingerprint density at radius 1 is 1.50 bits per heavy atom. The van der Waals surface area contributed by atoms with Gasteiger partial charge < -0.3 is 15.8 Å². The quantitative estimate of drug-likeness (QED) is 0.868. The van der Waals surface area contributed by atoms with Gasteiger partial charge in [-0.3, -0.25) is 4.90 Å². The van der Waals surface area contributed by atoms with Gasteiger partial charge in [-0.15, -0.1) is 0 Å². The maximum absolute atomic E-state index is 11.4. The van der Waals surface area contributed by atoms with Crippen LogP contribution < -0.4 is 16.0 Å². The minimum absolute atomic E-state index is 0.0619. The lowest BCUT2D eigenvalue weighted by Gasteiger charge is -2.18. The fraction of sp³-hybridized carbons (Fsp3) is 0.533. The number of rotatable bonds is 2. The molecule has 0 saturated carbocycles. The van der Waals surface area contributed by atoms with E-state index in [1.54, 1.807) is 4.90 Å². The Bertz CT molecular complexity index is 542. The van der Waals surface area contributed by atoms with E-state index < -0.39 is 0 Å². The van der Waals surface area contributed by atoms with Gasteiger partial charge in [-0.2, -0.15) is 0 Å².